The first-order valence-electron chi connectivity index (χ1n) is 9.76. The molecule has 152 valence electrons. The van der Waals surface area contributed by atoms with Gasteiger partial charge < -0.3 is 23.9 Å². The molecule has 0 radical (unpaired) electrons. The highest BCUT2D eigenvalue weighted by Crippen LogP contribution is 2.29. The maximum atomic E-state index is 13.2. The molecule has 29 heavy (non-hydrogen) atoms. The van der Waals surface area contributed by atoms with E-state index in [1.165, 1.54) is 6.26 Å². The number of nitrogens with one attached hydrogen (secondary N) is 1. The van der Waals surface area contributed by atoms with Crippen LogP contribution in [0.15, 0.2) is 41.0 Å². The van der Waals surface area contributed by atoms with Crippen molar-refractivity contribution in [2.24, 2.45) is 7.05 Å². The molecule has 0 aliphatic carbocycles. The molecule has 7 nitrogen and oxygen atoms in total. The number of benzene rings is 1. The van der Waals surface area contributed by atoms with Gasteiger partial charge in [-0.25, -0.2) is 0 Å². The third kappa shape index (κ3) is 3.48. The van der Waals surface area contributed by atoms with E-state index in [-0.39, 0.29) is 17.9 Å². The van der Waals surface area contributed by atoms with Gasteiger partial charge in [0.2, 0.25) is 0 Å². The van der Waals surface area contributed by atoms with Crippen molar-refractivity contribution in [3.8, 4) is 5.75 Å². The maximum absolute atomic E-state index is 13.2. The number of furan rings is 1. The molecule has 1 aromatic carbocycles. The third-order valence-electron chi connectivity index (χ3n) is 5.70. The Morgan fingerprint density at radius 2 is 2.10 bits per heavy atom. The van der Waals surface area contributed by atoms with E-state index in [0.29, 0.717) is 30.2 Å². The zero-order valence-corrected chi connectivity index (χ0v) is 16.9. The molecule has 0 bridgehead atoms. The van der Waals surface area contributed by atoms with E-state index in [4.69, 9.17) is 9.15 Å². The lowest BCUT2D eigenvalue weighted by Crippen LogP contribution is -2.49. The Balaban J connectivity index is 1.55. The fourth-order valence-corrected chi connectivity index (χ4v) is 4.06. The summed E-state index contributed by atoms with van der Waals surface area (Å²) in [7, 11) is 3.56. The van der Waals surface area contributed by atoms with Crippen molar-refractivity contribution in [2.75, 3.05) is 20.2 Å². The number of ether oxygens (including phenoxy) is 1. The second-order valence-corrected chi connectivity index (χ2v) is 7.44. The summed E-state index contributed by atoms with van der Waals surface area (Å²) in [6, 6.07) is 9.01. The van der Waals surface area contributed by atoms with Gasteiger partial charge in [-0.05, 0) is 50.1 Å². The number of aromatic nitrogens is 1. The van der Waals surface area contributed by atoms with Crippen LogP contribution in [0.5, 0.6) is 5.75 Å². The molecule has 4 rings (SSSR count). The average molecular weight is 395 g/mol. The first kappa shape index (κ1) is 19.1. The Bertz CT molecular complexity index is 1050. The number of fused-ring (bicyclic) bond motifs is 1. The van der Waals surface area contributed by atoms with E-state index >= 15 is 0 Å². The van der Waals surface area contributed by atoms with Crippen molar-refractivity contribution in [3.63, 3.8) is 0 Å². The van der Waals surface area contributed by atoms with Crippen LogP contribution in [0.3, 0.4) is 0 Å². The summed E-state index contributed by atoms with van der Waals surface area (Å²) in [6.45, 7) is 3.07. The highest BCUT2D eigenvalue weighted by atomic mass is 16.5. The van der Waals surface area contributed by atoms with E-state index in [0.717, 1.165) is 29.4 Å². The fourth-order valence-electron chi connectivity index (χ4n) is 4.06. The van der Waals surface area contributed by atoms with Gasteiger partial charge in [-0.1, -0.05) is 0 Å². The van der Waals surface area contributed by atoms with Crippen LogP contribution in [0.25, 0.3) is 10.9 Å². The zero-order valence-electron chi connectivity index (χ0n) is 16.9. The van der Waals surface area contributed by atoms with E-state index in [1.54, 1.807) is 24.1 Å². The fraction of sp³-hybridized carbons (Fsp3) is 0.364. The summed E-state index contributed by atoms with van der Waals surface area (Å²) in [4.78, 5) is 27.5. The number of amides is 2. The average Bonchev–Trinajstić information content (AvgIpc) is 3.35. The summed E-state index contributed by atoms with van der Waals surface area (Å²) < 4.78 is 12.6. The lowest BCUT2D eigenvalue weighted by molar-refractivity contribution is 0.0647. The summed E-state index contributed by atoms with van der Waals surface area (Å²) in [5, 5.41) is 3.99. The second-order valence-electron chi connectivity index (χ2n) is 7.44. The minimum Gasteiger partial charge on any atom is -0.497 e. The van der Waals surface area contributed by atoms with E-state index in [2.05, 4.69) is 5.32 Å². The molecule has 1 unspecified atom stereocenters. The number of methoxy groups -OCH3 is 1. The van der Waals surface area contributed by atoms with Crippen LogP contribution in [0, 0.1) is 6.92 Å². The molecule has 1 aliphatic heterocycles. The van der Waals surface area contributed by atoms with E-state index in [9.17, 15) is 9.59 Å². The van der Waals surface area contributed by atoms with Crippen LogP contribution in [0.4, 0.5) is 0 Å². The molecule has 0 spiro atoms. The Labute approximate surface area is 169 Å². The molecule has 2 amide bonds. The van der Waals surface area contributed by atoms with Crippen molar-refractivity contribution in [3.05, 3.63) is 53.6 Å². The van der Waals surface area contributed by atoms with Crippen molar-refractivity contribution in [2.45, 2.75) is 25.8 Å². The van der Waals surface area contributed by atoms with Crippen LogP contribution < -0.4 is 10.1 Å². The van der Waals surface area contributed by atoms with Crippen molar-refractivity contribution >= 4 is 22.7 Å². The lowest BCUT2D eigenvalue weighted by atomic mass is 10.0. The molecule has 1 atom stereocenters. The van der Waals surface area contributed by atoms with Gasteiger partial charge in [0.15, 0.2) is 5.76 Å². The molecule has 3 heterocycles. The smallest absolute Gasteiger partial charge is 0.289 e. The van der Waals surface area contributed by atoms with Crippen LogP contribution >= 0.6 is 0 Å². The van der Waals surface area contributed by atoms with Crippen LogP contribution in [0.1, 0.15) is 39.4 Å². The quantitative estimate of drug-likeness (QED) is 0.736. The first-order valence-corrected chi connectivity index (χ1v) is 9.76. The number of nitrogens with zero attached hydrogens (tertiary/aromatic N) is 2. The van der Waals surface area contributed by atoms with Gasteiger partial charge in [-0.2, -0.15) is 0 Å². The number of aryl methyl sites for hydroxylation is 1. The van der Waals surface area contributed by atoms with E-state index in [1.807, 2.05) is 36.7 Å². The van der Waals surface area contributed by atoms with Gasteiger partial charge in [-0.3, -0.25) is 9.59 Å². The van der Waals surface area contributed by atoms with E-state index < -0.39 is 0 Å². The number of rotatable bonds is 4. The number of piperidine rings is 1. The highest BCUT2D eigenvalue weighted by Gasteiger charge is 2.28. The third-order valence-corrected chi connectivity index (χ3v) is 5.70. The SMILES string of the molecule is COc1ccc2c(c1)c(C(=O)NC1CCCN(C(=O)c3ccco3)C1)c(C)n2C. The second kappa shape index (κ2) is 7.66. The number of hydrogen-bond donors (Lipinski definition) is 1. The summed E-state index contributed by atoms with van der Waals surface area (Å²) in [5.74, 6) is 0.776. The number of carbonyl (C=O) groups excluding carboxylic acids is 2. The van der Waals surface area contributed by atoms with Crippen molar-refractivity contribution in [1.82, 2.24) is 14.8 Å². The largest absolute Gasteiger partial charge is 0.497 e. The van der Waals surface area contributed by atoms with Crippen molar-refractivity contribution < 1.29 is 18.7 Å². The predicted octanol–water partition coefficient (Wildman–Crippen LogP) is 3.12. The molecular formula is C22H25N3O4. The molecule has 7 heteroatoms. The topological polar surface area (TPSA) is 76.7 Å². The minimum atomic E-state index is -0.139. The van der Waals surface area contributed by atoms with Gasteiger partial charge in [0, 0.05) is 42.8 Å². The summed E-state index contributed by atoms with van der Waals surface area (Å²) in [6.07, 6.45) is 3.16. The predicted molar refractivity (Wildman–Crippen MR) is 109 cm³/mol. The normalized spacial score (nSPS) is 16.8. The molecular weight excluding hydrogens is 370 g/mol. The highest BCUT2D eigenvalue weighted by molar-refractivity contribution is 6.09. The molecule has 0 saturated carbocycles. The van der Waals surface area contributed by atoms with Gasteiger partial charge in [0.05, 0.1) is 18.9 Å². The maximum Gasteiger partial charge on any atom is 0.289 e. The Hall–Kier alpha value is -3.22. The molecule has 1 N–H and O–H groups in total. The van der Waals surface area contributed by atoms with Crippen LogP contribution in [-0.2, 0) is 7.05 Å². The first-order chi connectivity index (χ1) is 14.0. The standard InChI is InChI=1S/C22H25N3O4/c1-14-20(17-12-16(28-3)8-9-18(17)24(14)2)21(26)23-15-6-4-10-25(13-15)22(27)19-7-5-11-29-19/h5,7-9,11-12,15H,4,6,10,13H2,1-3H3,(H,23,26). The number of likely N-dealkylation sites (tertiary alicyclic amines) is 1. The molecule has 2 aromatic heterocycles. The van der Waals surface area contributed by atoms with Crippen LogP contribution in [-0.4, -0.2) is 47.5 Å². The lowest BCUT2D eigenvalue weighted by Gasteiger charge is -2.32. The Kier molecular flexibility index (Phi) is 5.05. The minimum absolute atomic E-state index is 0.101. The molecule has 1 aliphatic rings. The van der Waals surface area contributed by atoms with Gasteiger partial charge in [-0.15, -0.1) is 0 Å². The van der Waals surface area contributed by atoms with Crippen molar-refractivity contribution in [1.29, 1.82) is 0 Å². The number of hydrogen-bond acceptors (Lipinski definition) is 4. The number of carbonyl (C=O) groups is 2. The summed E-state index contributed by atoms with van der Waals surface area (Å²) >= 11 is 0. The summed E-state index contributed by atoms with van der Waals surface area (Å²) in [5.41, 5.74) is 2.52. The Morgan fingerprint density at radius 1 is 1.28 bits per heavy atom. The molecule has 3 aromatic rings. The van der Waals surface area contributed by atoms with Gasteiger partial charge in [0.25, 0.3) is 11.8 Å². The molecule has 1 saturated heterocycles. The van der Waals surface area contributed by atoms with Crippen LogP contribution in [0.2, 0.25) is 0 Å². The van der Waals surface area contributed by atoms with Gasteiger partial charge >= 0.3 is 0 Å². The zero-order chi connectivity index (χ0) is 20.5. The molecule has 1 fully saturated rings. The Morgan fingerprint density at radius 3 is 2.83 bits per heavy atom. The monoisotopic (exact) mass is 395 g/mol. The van der Waals surface area contributed by atoms with Gasteiger partial charge in [0.1, 0.15) is 5.75 Å².